The topological polar surface area (TPSA) is 29.3 Å². The van der Waals surface area contributed by atoms with Gasteiger partial charge in [-0.1, -0.05) is 46.5 Å². The first-order chi connectivity index (χ1) is 9.26. The zero-order valence-electron chi connectivity index (χ0n) is 13.5. The van der Waals surface area contributed by atoms with Crippen LogP contribution in [-0.4, -0.2) is 30.6 Å². The summed E-state index contributed by atoms with van der Waals surface area (Å²) >= 11 is 0. The van der Waals surface area contributed by atoms with Crippen LogP contribution in [-0.2, 0) is 0 Å². The largest absolute Gasteiger partial charge is 0.330 e. The SMILES string of the molecule is CCCCN(CCCC)C1CC(CC)CCC1CN. The minimum absolute atomic E-state index is 0.747. The first-order valence-corrected chi connectivity index (χ1v) is 8.70. The molecule has 0 aromatic rings. The lowest BCUT2D eigenvalue weighted by molar-refractivity contribution is 0.0778. The minimum atomic E-state index is 0.747. The number of rotatable bonds is 9. The molecular formula is C17H36N2. The van der Waals surface area contributed by atoms with Gasteiger partial charge in [-0.25, -0.2) is 0 Å². The van der Waals surface area contributed by atoms with E-state index < -0.39 is 0 Å². The van der Waals surface area contributed by atoms with Gasteiger partial charge in [0.05, 0.1) is 0 Å². The van der Waals surface area contributed by atoms with Crippen LogP contribution in [0.1, 0.15) is 72.1 Å². The van der Waals surface area contributed by atoms with E-state index in [1.807, 2.05) is 0 Å². The monoisotopic (exact) mass is 268 g/mol. The first-order valence-electron chi connectivity index (χ1n) is 8.70. The van der Waals surface area contributed by atoms with Gasteiger partial charge in [-0.3, -0.25) is 0 Å². The fourth-order valence-corrected chi connectivity index (χ4v) is 3.55. The Morgan fingerprint density at radius 1 is 1.00 bits per heavy atom. The van der Waals surface area contributed by atoms with Gasteiger partial charge in [-0.2, -0.15) is 0 Å². The molecule has 2 nitrogen and oxygen atoms in total. The second-order valence-corrected chi connectivity index (χ2v) is 6.39. The van der Waals surface area contributed by atoms with Gasteiger partial charge in [0, 0.05) is 6.04 Å². The Morgan fingerprint density at radius 2 is 1.63 bits per heavy atom. The van der Waals surface area contributed by atoms with Gasteiger partial charge >= 0.3 is 0 Å². The van der Waals surface area contributed by atoms with Crippen molar-refractivity contribution in [2.24, 2.45) is 17.6 Å². The summed E-state index contributed by atoms with van der Waals surface area (Å²) in [5.74, 6) is 1.69. The van der Waals surface area contributed by atoms with Crippen LogP contribution in [0.4, 0.5) is 0 Å². The number of hydrogen-bond acceptors (Lipinski definition) is 2. The van der Waals surface area contributed by atoms with E-state index in [2.05, 4.69) is 25.7 Å². The highest BCUT2D eigenvalue weighted by atomic mass is 15.2. The van der Waals surface area contributed by atoms with Gasteiger partial charge in [0.1, 0.15) is 0 Å². The molecule has 114 valence electrons. The third kappa shape index (κ3) is 5.43. The number of unbranched alkanes of at least 4 members (excludes halogenated alkanes) is 2. The van der Waals surface area contributed by atoms with Crippen molar-refractivity contribution in [2.75, 3.05) is 19.6 Å². The van der Waals surface area contributed by atoms with Crippen molar-refractivity contribution in [3.8, 4) is 0 Å². The highest BCUT2D eigenvalue weighted by Gasteiger charge is 2.32. The van der Waals surface area contributed by atoms with Gasteiger partial charge in [-0.15, -0.1) is 0 Å². The number of nitrogens with two attached hydrogens (primary N) is 1. The maximum Gasteiger partial charge on any atom is 0.0138 e. The van der Waals surface area contributed by atoms with Gasteiger partial charge in [-0.05, 0) is 57.2 Å². The third-order valence-corrected chi connectivity index (χ3v) is 5.01. The van der Waals surface area contributed by atoms with Gasteiger partial charge in [0.15, 0.2) is 0 Å². The highest BCUT2D eigenvalue weighted by Crippen LogP contribution is 2.34. The lowest BCUT2D eigenvalue weighted by atomic mass is 9.76. The van der Waals surface area contributed by atoms with Crippen molar-refractivity contribution in [1.29, 1.82) is 0 Å². The zero-order valence-corrected chi connectivity index (χ0v) is 13.5. The molecule has 19 heavy (non-hydrogen) atoms. The molecule has 1 rings (SSSR count). The van der Waals surface area contributed by atoms with Gasteiger partial charge in [0.25, 0.3) is 0 Å². The van der Waals surface area contributed by atoms with E-state index in [0.29, 0.717) is 0 Å². The Bertz CT molecular complexity index is 209. The van der Waals surface area contributed by atoms with Crippen LogP contribution in [0.25, 0.3) is 0 Å². The molecule has 0 saturated heterocycles. The smallest absolute Gasteiger partial charge is 0.0138 e. The molecule has 0 bridgehead atoms. The molecule has 3 unspecified atom stereocenters. The molecule has 1 saturated carbocycles. The van der Waals surface area contributed by atoms with Crippen molar-refractivity contribution in [2.45, 2.75) is 78.2 Å². The first kappa shape index (κ1) is 17.0. The fraction of sp³-hybridized carbons (Fsp3) is 1.00. The molecule has 0 amide bonds. The average molecular weight is 268 g/mol. The molecule has 2 heteroatoms. The Morgan fingerprint density at radius 3 is 2.11 bits per heavy atom. The Balaban J connectivity index is 2.63. The molecule has 1 aliphatic rings. The van der Waals surface area contributed by atoms with E-state index in [1.165, 1.54) is 64.5 Å². The molecule has 1 fully saturated rings. The second kappa shape index (κ2) is 9.77. The Kier molecular flexibility index (Phi) is 8.72. The molecule has 0 aromatic carbocycles. The standard InChI is InChI=1S/C17H36N2/c1-4-7-11-19(12-8-5-2)17-13-15(6-3)9-10-16(17)14-18/h15-17H,4-14,18H2,1-3H3. The van der Waals surface area contributed by atoms with E-state index in [-0.39, 0.29) is 0 Å². The predicted octanol–water partition coefficient (Wildman–Crippen LogP) is 4.04. The van der Waals surface area contributed by atoms with Gasteiger partial charge < -0.3 is 10.6 Å². The summed E-state index contributed by atoms with van der Waals surface area (Å²) in [6.45, 7) is 10.4. The summed E-state index contributed by atoms with van der Waals surface area (Å²) in [4.78, 5) is 2.78. The lowest BCUT2D eigenvalue weighted by Gasteiger charge is -2.42. The summed E-state index contributed by atoms with van der Waals surface area (Å²) in [6, 6.07) is 0.766. The zero-order chi connectivity index (χ0) is 14.1. The molecule has 0 aromatic heterocycles. The predicted molar refractivity (Wildman–Crippen MR) is 85.4 cm³/mol. The summed E-state index contributed by atoms with van der Waals surface area (Å²) in [7, 11) is 0. The van der Waals surface area contributed by atoms with Crippen LogP contribution < -0.4 is 5.73 Å². The lowest BCUT2D eigenvalue weighted by Crippen LogP contribution is -2.47. The number of nitrogens with zero attached hydrogens (tertiary/aromatic N) is 1. The van der Waals surface area contributed by atoms with Crippen molar-refractivity contribution in [3.05, 3.63) is 0 Å². The number of hydrogen-bond donors (Lipinski definition) is 1. The molecule has 0 heterocycles. The van der Waals surface area contributed by atoms with Crippen LogP contribution in [0, 0.1) is 11.8 Å². The normalized spacial score (nSPS) is 27.9. The van der Waals surface area contributed by atoms with Crippen molar-refractivity contribution < 1.29 is 0 Å². The van der Waals surface area contributed by atoms with E-state index in [1.54, 1.807) is 0 Å². The van der Waals surface area contributed by atoms with Gasteiger partial charge in [0.2, 0.25) is 0 Å². The quantitative estimate of drug-likeness (QED) is 0.684. The van der Waals surface area contributed by atoms with Crippen LogP contribution >= 0.6 is 0 Å². The average Bonchev–Trinajstić information content (AvgIpc) is 2.47. The van der Waals surface area contributed by atoms with Crippen molar-refractivity contribution in [1.82, 2.24) is 4.90 Å². The van der Waals surface area contributed by atoms with Crippen LogP contribution in [0.15, 0.2) is 0 Å². The van der Waals surface area contributed by atoms with Crippen LogP contribution in [0.3, 0.4) is 0 Å². The molecule has 0 radical (unpaired) electrons. The summed E-state index contributed by atoms with van der Waals surface area (Å²) in [6.07, 6.45) is 10.8. The molecule has 0 aliphatic heterocycles. The summed E-state index contributed by atoms with van der Waals surface area (Å²) < 4.78 is 0. The minimum Gasteiger partial charge on any atom is -0.330 e. The fourth-order valence-electron chi connectivity index (χ4n) is 3.55. The highest BCUT2D eigenvalue weighted by molar-refractivity contribution is 4.87. The molecule has 1 aliphatic carbocycles. The maximum absolute atomic E-state index is 6.05. The second-order valence-electron chi connectivity index (χ2n) is 6.39. The molecular weight excluding hydrogens is 232 g/mol. The van der Waals surface area contributed by atoms with Crippen molar-refractivity contribution >= 4 is 0 Å². The maximum atomic E-state index is 6.05. The Labute approximate surface area is 121 Å². The third-order valence-electron chi connectivity index (χ3n) is 5.01. The summed E-state index contributed by atoms with van der Waals surface area (Å²) in [5, 5.41) is 0. The van der Waals surface area contributed by atoms with E-state index in [9.17, 15) is 0 Å². The van der Waals surface area contributed by atoms with Crippen LogP contribution in [0.2, 0.25) is 0 Å². The molecule has 3 atom stereocenters. The molecule has 0 spiro atoms. The van der Waals surface area contributed by atoms with E-state index in [4.69, 9.17) is 5.73 Å². The summed E-state index contributed by atoms with van der Waals surface area (Å²) in [5.41, 5.74) is 6.05. The van der Waals surface area contributed by atoms with E-state index in [0.717, 1.165) is 24.4 Å². The van der Waals surface area contributed by atoms with E-state index >= 15 is 0 Å². The van der Waals surface area contributed by atoms with Crippen LogP contribution in [0.5, 0.6) is 0 Å². The Hall–Kier alpha value is -0.0800. The molecule has 2 N–H and O–H groups in total. The van der Waals surface area contributed by atoms with Crippen molar-refractivity contribution in [3.63, 3.8) is 0 Å².